The van der Waals surface area contributed by atoms with Crippen LogP contribution in [0.4, 0.5) is 0 Å². The van der Waals surface area contributed by atoms with Gasteiger partial charge in [0, 0.05) is 12.2 Å². The van der Waals surface area contributed by atoms with Gasteiger partial charge in [0.2, 0.25) is 0 Å². The summed E-state index contributed by atoms with van der Waals surface area (Å²) in [5.74, 6) is 0.533. The van der Waals surface area contributed by atoms with E-state index >= 15 is 0 Å². The van der Waals surface area contributed by atoms with Gasteiger partial charge in [0.25, 0.3) is 5.91 Å². The maximum absolute atomic E-state index is 12.7. The van der Waals surface area contributed by atoms with E-state index in [1.807, 2.05) is 30.3 Å². The highest BCUT2D eigenvalue weighted by Crippen LogP contribution is 2.37. The molecule has 1 aromatic heterocycles. The summed E-state index contributed by atoms with van der Waals surface area (Å²) < 4.78 is 5.64. The highest BCUT2D eigenvalue weighted by atomic mass is 16.5. The molecule has 2 fully saturated rings. The molecular formula is C18H23N5O2. The number of ether oxygens (including phenoxy) is 1. The topological polar surface area (TPSA) is 81.9 Å². The third kappa shape index (κ3) is 3.42. The Morgan fingerprint density at radius 2 is 2.04 bits per heavy atom. The van der Waals surface area contributed by atoms with E-state index in [1.165, 1.54) is 0 Å². The van der Waals surface area contributed by atoms with Crippen LogP contribution >= 0.6 is 0 Å². The molecule has 4 rings (SSSR count). The molecule has 1 aliphatic heterocycles. The molecule has 2 heterocycles. The van der Waals surface area contributed by atoms with E-state index in [-0.39, 0.29) is 12.0 Å². The second-order valence-electron chi connectivity index (χ2n) is 6.91. The SMILES string of the molecule is O=C(NC1(c2nnn(C[C@@H]3CCCO3)n2)CCCC1)c1ccccc1. The molecule has 1 saturated heterocycles. The Labute approximate surface area is 146 Å². The zero-order valence-corrected chi connectivity index (χ0v) is 14.2. The van der Waals surface area contributed by atoms with E-state index in [9.17, 15) is 4.79 Å². The minimum Gasteiger partial charge on any atom is -0.376 e. The first kappa shape index (κ1) is 16.2. The smallest absolute Gasteiger partial charge is 0.252 e. The molecule has 1 N–H and O–H groups in total. The number of hydrogen-bond donors (Lipinski definition) is 1. The van der Waals surface area contributed by atoms with Gasteiger partial charge >= 0.3 is 0 Å². The van der Waals surface area contributed by atoms with Crippen LogP contribution in [0.2, 0.25) is 0 Å². The highest BCUT2D eigenvalue weighted by Gasteiger charge is 2.41. The predicted octanol–water partition coefficient (Wildman–Crippen LogP) is 2.05. The van der Waals surface area contributed by atoms with Crippen molar-refractivity contribution in [2.75, 3.05) is 6.61 Å². The van der Waals surface area contributed by atoms with Crippen LogP contribution < -0.4 is 5.32 Å². The monoisotopic (exact) mass is 341 g/mol. The zero-order chi connectivity index (χ0) is 17.1. The minimum atomic E-state index is -0.512. The Kier molecular flexibility index (Phi) is 4.48. The zero-order valence-electron chi connectivity index (χ0n) is 14.2. The summed E-state index contributed by atoms with van der Waals surface area (Å²) in [6.07, 6.45) is 6.08. The summed E-state index contributed by atoms with van der Waals surface area (Å²) in [5, 5.41) is 16.2. The van der Waals surface area contributed by atoms with Gasteiger partial charge in [0.15, 0.2) is 5.82 Å². The number of rotatable bonds is 5. The predicted molar refractivity (Wildman–Crippen MR) is 90.8 cm³/mol. The van der Waals surface area contributed by atoms with E-state index < -0.39 is 5.54 Å². The fraction of sp³-hybridized carbons (Fsp3) is 0.556. The lowest BCUT2D eigenvalue weighted by Gasteiger charge is -2.26. The van der Waals surface area contributed by atoms with Crippen molar-refractivity contribution in [3.05, 3.63) is 41.7 Å². The molecule has 1 amide bonds. The fourth-order valence-electron chi connectivity index (χ4n) is 3.74. The third-order valence-electron chi connectivity index (χ3n) is 5.12. The van der Waals surface area contributed by atoms with Crippen LogP contribution in [-0.4, -0.2) is 38.8 Å². The van der Waals surface area contributed by atoms with Crippen LogP contribution in [0.5, 0.6) is 0 Å². The van der Waals surface area contributed by atoms with Gasteiger partial charge in [-0.3, -0.25) is 4.79 Å². The van der Waals surface area contributed by atoms with Gasteiger partial charge in [-0.1, -0.05) is 31.0 Å². The van der Waals surface area contributed by atoms with Crippen molar-refractivity contribution >= 4 is 5.91 Å². The van der Waals surface area contributed by atoms with E-state index in [1.54, 1.807) is 4.80 Å². The molecular weight excluding hydrogens is 318 g/mol. The maximum Gasteiger partial charge on any atom is 0.252 e. The van der Waals surface area contributed by atoms with Gasteiger partial charge in [0.1, 0.15) is 5.54 Å². The Hall–Kier alpha value is -2.28. The number of hydrogen-bond acceptors (Lipinski definition) is 5. The van der Waals surface area contributed by atoms with Gasteiger partial charge < -0.3 is 10.1 Å². The molecule has 2 aromatic rings. The lowest BCUT2D eigenvalue weighted by molar-refractivity contribution is 0.0876. The normalized spacial score (nSPS) is 22.2. The first-order valence-corrected chi connectivity index (χ1v) is 9.03. The Bertz CT molecular complexity index is 718. The van der Waals surface area contributed by atoms with Crippen LogP contribution in [-0.2, 0) is 16.8 Å². The number of tetrazole rings is 1. The molecule has 132 valence electrons. The largest absolute Gasteiger partial charge is 0.376 e. The lowest BCUT2D eigenvalue weighted by atomic mass is 9.96. The number of nitrogens with one attached hydrogen (secondary N) is 1. The molecule has 2 aliphatic rings. The first-order chi connectivity index (χ1) is 12.3. The van der Waals surface area contributed by atoms with Gasteiger partial charge in [-0.2, -0.15) is 4.80 Å². The van der Waals surface area contributed by atoms with E-state index in [0.29, 0.717) is 17.9 Å². The summed E-state index contributed by atoms with van der Waals surface area (Å²) in [6.45, 7) is 1.43. The minimum absolute atomic E-state index is 0.0852. The summed E-state index contributed by atoms with van der Waals surface area (Å²) in [5.41, 5.74) is 0.141. The Morgan fingerprint density at radius 3 is 2.76 bits per heavy atom. The third-order valence-corrected chi connectivity index (χ3v) is 5.12. The van der Waals surface area contributed by atoms with Gasteiger partial charge in [0.05, 0.1) is 12.6 Å². The van der Waals surface area contributed by atoms with Crippen LogP contribution in [0, 0.1) is 0 Å². The number of carbonyl (C=O) groups excluding carboxylic acids is 1. The van der Waals surface area contributed by atoms with Crippen molar-refractivity contribution in [1.29, 1.82) is 0 Å². The molecule has 7 nitrogen and oxygen atoms in total. The summed E-state index contributed by atoms with van der Waals surface area (Å²) >= 11 is 0. The summed E-state index contributed by atoms with van der Waals surface area (Å²) in [6, 6.07) is 9.28. The van der Waals surface area contributed by atoms with Crippen molar-refractivity contribution in [2.45, 2.75) is 56.7 Å². The van der Waals surface area contributed by atoms with E-state index in [4.69, 9.17) is 4.74 Å². The maximum atomic E-state index is 12.7. The van der Waals surface area contributed by atoms with E-state index in [2.05, 4.69) is 20.7 Å². The van der Waals surface area contributed by atoms with Crippen molar-refractivity contribution < 1.29 is 9.53 Å². The molecule has 0 bridgehead atoms. The number of amides is 1. The summed E-state index contributed by atoms with van der Waals surface area (Å²) in [4.78, 5) is 14.3. The van der Waals surface area contributed by atoms with Gasteiger partial charge in [-0.25, -0.2) is 0 Å². The molecule has 0 radical (unpaired) electrons. The number of carbonyl (C=O) groups is 1. The molecule has 0 spiro atoms. The second kappa shape index (κ2) is 6.92. The van der Waals surface area contributed by atoms with Crippen molar-refractivity contribution in [1.82, 2.24) is 25.5 Å². The summed E-state index contributed by atoms with van der Waals surface area (Å²) in [7, 11) is 0. The average Bonchev–Trinajstić information content (AvgIpc) is 3.38. The van der Waals surface area contributed by atoms with Crippen molar-refractivity contribution in [3.63, 3.8) is 0 Å². The molecule has 0 unspecified atom stereocenters. The van der Waals surface area contributed by atoms with Crippen molar-refractivity contribution in [2.24, 2.45) is 0 Å². The molecule has 1 aromatic carbocycles. The fourth-order valence-corrected chi connectivity index (χ4v) is 3.74. The van der Waals surface area contributed by atoms with Crippen LogP contribution in [0.15, 0.2) is 30.3 Å². The van der Waals surface area contributed by atoms with Crippen molar-refractivity contribution in [3.8, 4) is 0 Å². The molecule has 25 heavy (non-hydrogen) atoms. The number of benzene rings is 1. The molecule has 1 atom stereocenters. The van der Waals surface area contributed by atoms with Gasteiger partial charge in [-0.15, -0.1) is 10.2 Å². The molecule has 1 saturated carbocycles. The number of aromatic nitrogens is 4. The molecule has 7 heteroatoms. The standard InChI is InChI=1S/C18H23N5O2/c24-16(14-7-2-1-3-8-14)19-18(10-4-5-11-18)17-20-22-23(21-17)13-15-9-6-12-25-15/h1-3,7-8,15H,4-6,9-13H2,(H,19,24)/t15-/m0/s1. The Balaban J connectivity index is 1.52. The average molecular weight is 341 g/mol. The number of nitrogens with zero attached hydrogens (tertiary/aromatic N) is 4. The molecule has 1 aliphatic carbocycles. The first-order valence-electron chi connectivity index (χ1n) is 9.03. The van der Waals surface area contributed by atoms with E-state index in [0.717, 1.165) is 45.1 Å². The van der Waals surface area contributed by atoms with Crippen LogP contribution in [0.3, 0.4) is 0 Å². The van der Waals surface area contributed by atoms with Crippen LogP contribution in [0.1, 0.15) is 54.7 Å². The lowest BCUT2D eigenvalue weighted by Crippen LogP contribution is -2.44. The van der Waals surface area contributed by atoms with Gasteiger partial charge in [-0.05, 0) is 43.0 Å². The van der Waals surface area contributed by atoms with Crippen LogP contribution in [0.25, 0.3) is 0 Å². The second-order valence-corrected chi connectivity index (χ2v) is 6.91. The Morgan fingerprint density at radius 1 is 1.24 bits per heavy atom. The quantitative estimate of drug-likeness (QED) is 0.900. The highest BCUT2D eigenvalue weighted by molar-refractivity contribution is 5.94.